The van der Waals surface area contributed by atoms with E-state index in [0.717, 1.165) is 6.92 Å². The van der Waals surface area contributed by atoms with Crippen molar-refractivity contribution in [3.05, 3.63) is 0 Å². The topological polar surface area (TPSA) is 212 Å². The van der Waals surface area contributed by atoms with Crippen LogP contribution in [0.15, 0.2) is 0 Å². The highest BCUT2D eigenvalue weighted by Gasteiger charge is 2.36. The highest BCUT2D eigenvalue weighted by atomic mass is 31.2. The Morgan fingerprint density at radius 2 is 2.00 bits per heavy atom. The zero-order valence-electron chi connectivity index (χ0n) is 12.4. The van der Waals surface area contributed by atoms with Crippen molar-refractivity contribution in [2.24, 2.45) is 11.5 Å². The lowest BCUT2D eigenvalue weighted by molar-refractivity contribution is -0.301. The van der Waals surface area contributed by atoms with Gasteiger partial charge in [-0.3, -0.25) is 19.5 Å². The van der Waals surface area contributed by atoms with Gasteiger partial charge in [0, 0.05) is 5.23 Å². The second-order valence-corrected chi connectivity index (χ2v) is 6.88. The van der Waals surface area contributed by atoms with E-state index in [1.807, 2.05) is 0 Å². The number of rotatable bonds is 6. The molecule has 14 heteroatoms. The first-order valence-electron chi connectivity index (χ1n) is 6.53. The summed E-state index contributed by atoms with van der Waals surface area (Å²) in [5, 5.41) is 2.14. The lowest BCUT2D eigenvalue weighted by atomic mass is 10.2. The summed E-state index contributed by atoms with van der Waals surface area (Å²) in [7, 11) is -4.59. The number of nitrogens with one attached hydrogen (secondary N) is 1. The molecular formula is C10H17N4O9P. The maximum atomic E-state index is 12.0. The molecule has 24 heavy (non-hydrogen) atoms. The van der Waals surface area contributed by atoms with Gasteiger partial charge in [-0.05, 0) is 6.92 Å². The minimum Gasteiger partial charge on any atom is -0.368 e. The first-order chi connectivity index (χ1) is 10.9. The van der Waals surface area contributed by atoms with Crippen molar-refractivity contribution in [1.29, 1.82) is 0 Å². The number of hydroxylamine groups is 2. The van der Waals surface area contributed by atoms with Crippen LogP contribution in [0.1, 0.15) is 19.8 Å². The first-order valence-corrected chi connectivity index (χ1v) is 8.21. The molecular weight excluding hydrogens is 351 g/mol. The minimum atomic E-state index is -4.59. The molecule has 0 aromatic heterocycles. The van der Waals surface area contributed by atoms with Crippen LogP contribution in [0.4, 0.5) is 0 Å². The molecule has 7 N–H and O–H groups in total. The normalized spacial score (nSPS) is 21.3. The lowest BCUT2D eigenvalue weighted by Gasteiger charge is -2.23. The number of hydrogen-bond acceptors (Lipinski definition) is 9. The van der Waals surface area contributed by atoms with Crippen LogP contribution in [-0.2, 0) is 33.4 Å². The van der Waals surface area contributed by atoms with Gasteiger partial charge in [-0.25, -0.2) is 9.59 Å². The van der Waals surface area contributed by atoms with E-state index in [1.165, 1.54) is 0 Å². The predicted molar refractivity (Wildman–Crippen MR) is 73.9 cm³/mol. The summed E-state index contributed by atoms with van der Waals surface area (Å²) >= 11 is 0. The van der Waals surface area contributed by atoms with Crippen LogP contribution in [0.25, 0.3) is 0 Å². The second kappa shape index (κ2) is 7.68. The van der Waals surface area contributed by atoms with Gasteiger partial charge in [0.25, 0.3) is 5.91 Å². The zero-order valence-corrected chi connectivity index (χ0v) is 13.3. The molecule has 0 aromatic rings. The van der Waals surface area contributed by atoms with E-state index in [-0.39, 0.29) is 5.23 Å². The predicted octanol–water partition coefficient (Wildman–Crippen LogP) is -3.18. The van der Waals surface area contributed by atoms with Gasteiger partial charge in [-0.2, -0.15) is 0 Å². The molecule has 3 atom stereocenters. The summed E-state index contributed by atoms with van der Waals surface area (Å²) in [4.78, 5) is 73.0. The minimum absolute atomic E-state index is 0.0444. The Morgan fingerprint density at radius 1 is 1.42 bits per heavy atom. The van der Waals surface area contributed by atoms with Crippen LogP contribution in [0, 0.1) is 0 Å². The molecule has 1 fully saturated rings. The fourth-order valence-corrected chi connectivity index (χ4v) is 1.92. The molecule has 2 amide bonds. The summed E-state index contributed by atoms with van der Waals surface area (Å²) < 4.78 is 11.1. The summed E-state index contributed by atoms with van der Waals surface area (Å²) in [5.41, 5.74) is 10.4. The van der Waals surface area contributed by atoms with Gasteiger partial charge in [0.1, 0.15) is 11.8 Å². The highest BCUT2D eigenvalue weighted by molar-refractivity contribution is 7.52. The SMILES string of the molecule is CC(NC(CC(=O)N1OC(=O)CC(N)C(=O)O1)C(N)=O)P(=O)(O)O. The number of nitrogens with zero attached hydrogens (tertiary/aromatic N) is 1. The Balaban J connectivity index is 2.81. The molecule has 1 rings (SSSR count). The lowest BCUT2D eigenvalue weighted by Crippen LogP contribution is -2.48. The van der Waals surface area contributed by atoms with Crippen molar-refractivity contribution in [3.63, 3.8) is 0 Å². The molecule has 1 aliphatic heterocycles. The zero-order chi connectivity index (χ0) is 18.7. The van der Waals surface area contributed by atoms with E-state index in [0.29, 0.717) is 0 Å². The molecule has 136 valence electrons. The standard InChI is InChI=1S/C10H17N4O9P/c1-4(24(19,20)21)13-6(9(12)17)3-7(15)14-22-8(16)2-5(11)10(18)23-14/h4-6,13H,2-3,11H2,1H3,(H2,12,17)(H2,19,20,21). The van der Waals surface area contributed by atoms with Crippen molar-refractivity contribution in [2.45, 2.75) is 37.6 Å². The smallest absolute Gasteiger partial charge is 0.353 e. The van der Waals surface area contributed by atoms with Crippen molar-refractivity contribution in [2.75, 3.05) is 0 Å². The van der Waals surface area contributed by atoms with Gasteiger partial charge in [0.05, 0.1) is 18.9 Å². The average Bonchev–Trinajstić information content (AvgIpc) is 2.55. The van der Waals surface area contributed by atoms with Crippen LogP contribution in [0.5, 0.6) is 0 Å². The van der Waals surface area contributed by atoms with E-state index in [4.69, 9.17) is 21.3 Å². The van der Waals surface area contributed by atoms with Gasteiger partial charge >= 0.3 is 19.5 Å². The first kappa shape index (κ1) is 20.0. The van der Waals surface area contributed by atoms with Crippen LogP contribution in [0.3, 0.4) is 0 Å². The monoisotopic (exact) mass is 368 g/mol. The maximum Gasteiger partial charge on any atom is 0.353 e. The molecule has 0 aliphatic carbocycles. The van der Waals surface area contributed by atoms with Crippen LogP contribution < -0.4 is 16.8 Å². The van der Waals surface area contributed by atoms with Gasteiger partial charge in [0.15, 0.2) is 0 Å². The fraction of sp³-hybridized carbons (Fsp3) is 0.600. The maximum absolute atomic E-state index is 12.0. The summed E-state index contributed by atoms with van der Waals surface area (Å²) in [6.07, 6.45) is -1.31. The van der Waals surface area contributed by atoms with Crippen LogP contribution in [0.2, 0.25) is 0 Å². The molecule has 0 saturated carbocycles. The molecule has 13 nitrogen and oxygen atoms in total. The molecule has 0 aromatic carbocycles. The van der Waals surface area contributed by atoms with Crippen LogP contribution in [-0.4, -0.2) is 56.6 Å². The van der Waals surface area contributed by atoms with Crippen LogP contribution >= 0.6 is 7.60 Å². The van der Waals surface area contributed by atoms with Gasteiger partial charge in [-0.15, -0.1) is 0 Å². The third kappa shape index (κ3) is 5.54. The van der Waals surface area contributed by atoms with E-state index in [1.54, 1.807) is 0 Å². The molecule has 0 bridgehead atoms. The number of carbonyl (C=O) groups is 4. The van der Waals surface area contributed by atoms with Crippen molar-refractivity contribution in [3.8, 4) is 0 Å². The van der Waals surface area contributed by atoms with E-state index < -0.39 is 62.1 Å². The third-order valence-corrected chi connectivity index (χ3v) is 4.08. The third-order valence-electron chi connectivity index (χ3n) is 2.92. The summed E-state index contributed by atoms with van der Waals surface area (Å²) in [6.45, 7) is 1.08. The van der Waals surface area contributed by atoms with Crippen molar-refractivity contribution in [1.82, 2.24) is 10.5 Å². The average molecular weight is 368 g/mol. The molecule has 1 saturated heterocycles. The Kier molecular flexibility index (Phi) is 6.40. The fourth-order valence-electron chi connectivity index (χ4n) is 1.54. The summed E-state index contributed by atoms with van der Waals surface area (Å²) in [6, 6.07) is -2.84. The molecule has 0 radical (unpaired) electrons. The number of nitrogens with two attached hydrogens (primary N) is 2. The Labute approximate surface area is 135 Å². The Hall–Kier alpha value is -2.05. The van der Waals surface area contributed by atoms with Crippen molar-refractivity contribution >= 4 is 31.3 Å². The van der Waals surface area contributed by atoms with E-state index in [9.17, 15) is 23.7 Å². The van der Waals surface area contributed by atoms with Gasteiger partial charge in [0.2, 0.25) is 5.91 Å². The summed E-state index contributed by atoms with van der Waals surface area (Å²) in [5.74, 6) is -5.88. The van der Waals surface area contributed by atoms with Crippen molar-refractivity contribution < 1.29 is 43.2 Å². The highest BCUT2D eigenvalue weighted by Crippen LogP contribution is 2.39. The molecule has 0 spiro atoms. The number of primary amides is 1. The Bertz CT molecular complexity index is 591. The largest absolute Gasteiger partial charge is 0.368 e. The Morgan fingerprint density at radius 3 is 2.50 bits per heavy atom. The number of amides is 2. The molecule has 1 heterocycles. The molecule has 1 aliphatic rings. The van der Waals surface area contributed by atoms with E-state index in [2.05, 4.69) is 15.0 Å². The number of hydrogen-bond donors (Lipinski definition) is 5. The van der Waals surface area contributed by atoms with Gasteiger partial charge in [-0.1, -0.05) is 0 Å². The van der Waals surface area contributed by atoms with Gasteiger partial charge < -0.3 is 30.9 Å². The van der Waals surface area contributed by atoms with E-state index >= 15 is 0 Å². The quantitative estimate of drug-likeness (QED) is 0.295. The number of carbonyl (C=O) groups excluding carboxylic acids is 4. The molecule has 3 unspecified atom stereocenters. The second-order valence-electron chi connectivity index (χ2n) is 4.93.